The Morgan fingerprint density at radius 2 is 1.94 bits per heavy atom. The molecule has 0 amide bonds. The molecule has 88 valence electrons. The van der Waals surface area contributed by atoms with Crippen LogP contribution in [0.5, 0.6) is 5.75 Å². The highest BCUT2D eigenvalue weighted by Crippen LogP contribution is 2.49. The largest absolute Gasteiger partial charge is 0.435 e. The molecule has 1 aromatic rings. The monoisotopic (exact) mass is 227 g/mol. The summed E-state index contributed by atoms with van der Waals surface area (Å²) in [4.78, 5) is 0. The number of hydrogen-bond donors (Lipinski definition) is 1. The smallest absolute Gasteiger partial charge is 0.387 e. The average molecular weight is 227 g/mol. The summed E-state index contributed by atoms with van der Waals surface area (Å²) in [7, 11) is 0. The second kappa shape index (κ2) is 4.37. The molecule has 3 atom stereocenters. The Balaban J connectivity index is 1.98. The standard InChI is InChI=1S/C12H15F2NO/c1-7(15)10-6-11(10)8-2-4-9(5-3-8)16-12(13)14/h2-5,7,10-12H,6,15H2,1H3. The Hall–Kier alpha value is -1.16. The van der Waals surface area contributed by atoms with Crippen molar-refractivity contribution >= 4 is 0 Å². The van der Waals surface area contributed by atoms with Crippen LogP contribution in [0.3, 0.4) is 0 Å². The SMILES string of the molecule is CC(N)C1CC1c1ccc(OC(F)F)cc1. The molecule has 1 aromatic carbocycles. The minimum absolute atomic E-state index is 0.196. The van der Waals surface area contributed by atoms with Gasteiger partial charge in [-0.2, -0.15) is 8.78 Å². The van der Waals surface area contributed by atoms with Gasteiger partial charge < -0.3 is 10.5 Å². The molecule has 1 saturated carbocycles. The molecule has 0 aliphatic heterocycles. The summed E-state index contributed by atoms with van der Waals surface area (Å²) < 4.78 is 28.1. The molecule has 0 spiro atoms. The van der Waals surface area contributed by atoms with E-state index in [4.69, 9.17) is 5.73 Å². The first-order valence-corrected chi connectivity index (χ1v) is 5.38. The summed E-state index contributed by atoms with van der Waals surface area (Å²) in [5.41, 5.74) is 6.95. The lowest BCUT2D eigenvalue weighted by molar-refractivity contribution is -0.0498. The fourth-order valence-corrected chi connectivity index (χ4v) is 2.08. The molecule has 0 bridgehead atoms. The molecule has 3 unspecified atom stereocenters. The van der Waals surface area contributed by atoms with E-state index < -0.39 is 6.61 Å². The van der Waals surface area contributed by atoms with Crippen LogP contribution in [0, 0.1) is 5.92 Å². The third-order valence-electron chi connectivity index (χ3n) is 3.05. The Morgan fingerprint density at radius 3 is 2.38 bits per heavy atom. The van der Waals surface area contributed by atoms with Crippen LogP contribution >= 0.6 is 0 Å². The number of halogens is 2. The van der Waals surface area contributed by atoms with Crippen LogP contribution in [-0.2, 0) is 0 Å². The third kappa shape index (κ3) is 2.50. The van der Waals surface area contributed by atoms with E-state index >= 15 is 0 Å². The lowest BCUT2D eigenvalue weighted by Gasteiger charge is -2.06. The number of alkyl halides is 2. The van der Waals surface area contributed by atoms with Gasteiger partial charge in [0.15, 0.2) is 0 Å². The van der Waals surface area contributed by atoms with Gasteiger partial charge in [-0.1, -0.05) is 12.1 Å². The topological polar surface area (TPSA) is 35.2 Å². The normalized spacial score (nSPS) is 25.6. The quantitative estimate of drug-likeness (QED) is 0.858. The Bertz CT molecular complexity index is 351. The number of nitrogens with two attached hydrogens (primary N) is 1. The molecule has 16 heavy (non-hydrogen) atoms. The summed E-state index contributed by atoms with van der Waals surface area (Å²) in [5.74, 6) is 1.22. The van der Waals surface area contributed by atoms with Crippen molar-refractivity contribution in [1.82, 2.24) is 0 Å². The molecule has 1 fully saturated rings. The van der Waals surface area contributed by atoms with E-state index in [0.29, 0.717) is 11.8 Å². The lowest BCUT2D eigenvalue weighted by atomic mass is 10.1. The minimum atomic E-state index is -2.76. The summed E-state index contributed by atoms with van der Waals surface area (Å²) in [5, 5.41) is 0. The molecular weight excluding hydrogens is 212 g/mol. The minimum Gasteiger partial charge on any atom is -0.435 e. The van der Waals surface area contributed by atoms with Gasteiger partial charge in [-0.3, -0.25) is 0 Å². The first kappa shape index (κ1) is 11.3. The van der Waals surface area contributed by atoms with Gasteiger partial charge >= 0.3 is 6.61 Å². The highest BCUT2D eigenvalue weighted by atomic mass is 19.3. The van der Waals surface area contributed by atoms with Crippen LogP contribution in [-0.4, -0.2) is 12.7 Å². The zero-order valence-electron chi connectivity index (χ0n) is 9.07. The van der Waals surface area contributed by atoms with E-state index in [-0.39, 0.29) is 11.8 Å². The summed E-state index contributed by atoms with van der Waals surface area (Å²) in [6.07, 6.45) is 1.09. The second-order valence-electron chi connectivity index (χ2n) is 4.31. The van der Waals surface area contributed by atoms with Crippen molar-refractivity contribution in [1.29, 1.82) is 0 Å². The molecule has 1 aliphatic rings. The predicted octanol–water partition coefficient (Wildman–Crippen LogP) is 2.74. The van der Waals surface area contributed by atoms with E-state index in [9.17, 15) is 8.78 Å². The molecule has 0 saturated heterocycles. The van der Waals surface area contributed by atoms with Gasteiger partial charge in [0.25, 0.3) is 0 Å². The summed E-state index contributed by atoms with van der Waals surface area (Å²) in [6.45, 7) is -0.762. The maximum absolute atomic E-state index is 11.9. The van der Waals surface area contributed by atoms with Gasteiger partial charge in [-0.05, 0) is 42.9 Å². The first-order valence-electron chi connectivity index (χ1n) is 5.38. The lowest BCUT2D eigenvalue weighted by Crippen LogP contribution is -2.17. The molecular formula is C12H15F2NO. The van der Waals surface area contributed by atoms with Crippen molar-refractivity contribution in [2.45, 2.75) is 31.9 Å². The van der Waals surface area contributed by atoms with Crippen molar-refractivity contribution in [2.24, 2.45) is 11.7 Å². The second-order valence-corrected chi connectivity index (χ2v) is 4.31. The van der Waals surface area contributed by atoms with Crippen LogP contribution in [0.2, 0.25) is 0 Å². The molecule has 2 nitrogen and oxygen atoms in total. The third-order valence-corrected chi connectivity index (χ3v) is 3.05. The number of ether oxygens (including phenoxy) is 1. The van der Waals surface area contributed by atoms with Crippen molar-refractivity contribution < 1.29 is 13.5 Å². The van der Waals surface area contributed by atoms with Gasteiger partial charge in [0.1, 0.15) is 5.75 Å². The van der Waals surface area contributed by atoms with Gasteiger partial charge in [0.05, 0.1) is 0 Å². The van der Waals surface area contributed by atoms with Gasteiger partial charge in [0.2, 0.25) is 0 Å². The molecule has 0 aromatic heterocycles. The zero-order valence-corrected chi connectivity index (χ0v) is 9.07. The molecule has 1 aliphatic carbocycles. The van der Waals surface area contributed by atoms with E-state index in [1.54, 1.807) is 12.1 Å². The van der Waals surface area contributed by atoms with Crippen LogP contribution in [0.1, 0.15) is 24.8 Å². The predicted molar refractivity (Wildman–Crippen MR) is 57.6 cm³/mol. The van der Waals surface area contributed by atoms with Crippen LogP contribution < -0.4 is 10.5 Å². The Kier molecular flexibility index (Phi) is 3.10. The maximum Gasteiger partial charge on any atom is 0.387 e. The van der Waals surface area contributed by atoms with Crippen LogP contribution in [0.25, 0.3) is 0 Å². The summed E-state index contributed by atoms with van der Waals surface area (Å²) >= 11 is 0. The number of rotatable bonds is 4. The van der Waals surface area contributed by atoms with E-state index in [0.717, 1.165) is 12.0 Å². The molecule has 2 rings (SSSR count). The fourth-order valence-electron chi connectivity index (χ4n) is 2.08. The first-order chi connectivity index (χ1) is 7.58. The molecule has 2 N–H and O–H groups in total. The number of hydrogen-bond acceptors (Lipinski definition) is 2. The van der Waals surface area contributed by atoms with E-state index in [1.165, 1.54) is 0 Å². The van der Waals surface area contributed by atoms with Gasteiger partial charge in [-0.25, -0.2) is 0 Å². The highest BCUT2D eigenvalue weighted by Gasteiger charge is 2.40. The number of benzene rings is 1. The maximum atomic E-state index is 11.9. The Labute approximate surface area is 93.4 Å². The molecule has 0 heterocycles. The van der Waals surface area contributed by atoms with E-state index in [1.807, 2.05) is 19.1 Å². The Morgan fingerprint density at radius 1 is 1.31 bits per heavy atom. The zero-order chi connectivity index (χ0) is 11.7. The van der Waals surface area contributed by atoms with Crippen molar-refractivity contribution in [3.63, 3.8) is 0 Å². The van der Waals surface area contributed by atoms with Crippen LogP contribution in [0.15, 0.2) is 24.3 Å². The molecule has 4 heteroatoms. The van der Waals surface area contributed by atoms with Gasteiger partial charge in [0, 0.05) is 6.04 Å². The van der Waals surface area contributed by atoms with Crippen molar-refractivity contribution in [2.75, 3.05) is 0 Å². The summed E-state index contributed by atoms with van der Waals surface area (Å²) in [6, 6.07) is 7.04. The highest BCUT2D eigenvalue weighted by molar-refractivity contribution is 5.33. The van der Waals surface area contributed by atoms with Crippen molar-refractivity contribution in [3.8, 4) is 5.75 Å². The van der Waals surface area contributed by atoms with E-state index in [2.05, 4.69) is 4.74 Å². The van der Waals surface area contributed by atoms with Crippen molar-refractivity contribution in [3.05, 3.63) is 29.8 Å². The average Bonchev–Trinajstić information content (AvgIpc) is 2.97. The fraction of sp³-hybridized carbons (Fsp3) is 0.500. The van der Waals surface area contributed by atoms with Gasteiger partial charge in [-0.15, -0.1) is 0 Å². The van der Waals surface area contributed by atoms with Crippen LogP contribution in [0.4, 0.5) is 8.78 Å². The molecule has 0 radical (unpaired) electrons.